The van der Waals surface area contributed by atoms with Gasteiger partial charge in [-0.05, 0) is 16.3 Å². The minimum Gasteiger partial charge on any atom is -0.481 e. The maximum atomic E-state index is 10.4. The predicted molar refractivity (Wildman–Crippen MR) is 60.2 cm³/mol. The lowest BCUT2D eigenvalue weighted by molar-refractivity contribution is -0.133. The molecule has 6 nitrogen and oxygen atoms in total. The van der Waals surface area contributed by atoms with E-state index in [9.17, 15) is 4.79 Å². The standard InChI is InChI=1S/C9H16N4O2S/c1-3-7(4-2)5-13-9(10-11-12-13)16-6-8(14)15/h7H,3-6H2,1-2H3,(H,14,15). The number of nitrogens with zero attached hydrogens (tertiary/aromatic N) is 4. The third-order valence-corrected chi connectivity index (χ3v) is 3.35. The molecule has 0 saturated heterocycles. The van der Waals surface area contributed by atoms with Crippen molar-refractivity contribution in [3.8, 4) is 0 Å². The lowest BCUT2D eigenvalue weighted by Crippen LogP contribution is -2.12. The van der Waals surface area contributed by atoms with Crippen LogP contribution in [0.25, 0.3) is 0 Å². The van der Waals surface area contributed by atoms with Gasteiger partial charge in [0, 0.05) is 6.54 Å². The smallest absolute Gasteiger partial charge is 0.313 e. The zero-order chi connectivity index (χ0) is 12.0. The summed E-state index contributed by atoms with van der Waals surface area (Å²) in [5.41, 5.74) is 0. The number of thioether (sulfide) groups is 1. The van der Waals surface area contributed by atoms with Crippen molar-refractivity contribution in [3.63, 3.8) is 0 Å². The van der Waals surface area contributed by atoms with Crippen LogP contribution < -0.4 is 0 Å². The summed E-state index contributed by atoms with van der Waals surface area (Å²) in [6, 6.07) is 0. The molecule has 0 aliphatic carbocycles. The first kappa shape index (κ1) is 13.0. The Morgan fingerprint density at radius 3 is 2.75 bits per heavy atom. The number of aliphatic carboxylic acids is 1. The molecule has 0 aromatic carbocycles. The van der Waals surface area contributed by atoms with Gasteiger partial charge in [-0.2, -0.15) is 0 Å². The number of hydrogen-bond donors (Lipinski definition) is 1. The largest absolute Gasteiger partial charge is 0.481 e. The minimum absolute atomic E-state index is 0.0106. The number of carbonyl (C=O) groups is 1. The van der Waals surface area contributed by atoms with Gasteiger partial charge in [-0.3, -0.25) is 4.79 Å². The summed E-state index contributed by atoms with van der Waals surface area (Å²) >= 11 is 1.15. The van der Waals surface area contributed by atoms with Gasteiger partial charge in [-0.1, -0.05) is 38.5 Å². The van der Waals surface area contributed by atoms with Crippen LogP contribution in [-0.2, 0) is 11.3 Å². The number of tetrazole rings is 1. The second kappa shape index (κ2) is 6.47. The van der Waals surface area contributed by atoms with Gasteiger partial charge in [-0.15, -0.1) is 5.10 Å². The van der Waals surface area contributed by atoms with E-state index in [2.05, 4.69) is 29.4 Å². The van der Waals surface area contributed by atoms with Crippen molar-refractivity contribution < 1.29 is 9.90 Å². The first-order valence-corrected chi connectivity index (χ1v) is 6.26. The molecule has 1 N–H and O–H groups in total. The Labute approximate surface area is 98.4 Å². The summed E-state index contributed by atoms with van der Waals surface area (Å²) in [6.45, 7) is 5.01. The van der Waals surface area contributed by atoms with Crippen LogP contribution in [0.15, 0.2) is 5.16 Å². The van der Waals surface area contributed by atoms with Crippen LogP contribution in [0.3, 0.4) is 0 Å². The molecule has 1 heterocycles. The molecule has 0 fully saturated rings. The lowest BCUT2D eigenvalue weighted by atomic mass is 10.0. The monoisotopic (exact) mass is 244 g/mol. The van der Waals surface area contributed by atoms with Crippen LogP contribution in [0, 0.1) is 5.92 Å². The molecule has 1 aromatic rings. The SMILES string of the molecule is CCC(CC)Cn1nnnc1SCC(=O)O. The molecule has 90 valence electrons. The van der Waals surface area contributed by atoms with Crippen LogP contribution in [0.4, 0.5) is 0 Å². The maximum absolute atomic E-state index is 10.4. The van der Waals surface area contributed by atoms with Crippen LogP contribution in [0.2, 0.25) is 0 Å². The number of carboxylic acid groups (broad SMARTS) is 1. The highest BCUT2D eigenvalue weighted by Gasteiger charge is 2.12. The lowest BCUT2D eigenvalue weighted by Gasteiger charge is -2.12. The summed E-state index contributed by atoms with van der Waals surface area (Å²) in [5.74, 6) is -0.335. The van der Waals surface area contributed by atoms with E-state index in [1.165, 1.54) is 0 Å². The van der Waals surface area contributed by atoms with Crippen molar-refractivity contribution in [2.45, 2.75) is 38.4 Å². The Hall–Kier alpha value is -1.11. The van der Waals surface area contributed by atoms with Crippen molar-refractivity contribution in [2.75, 3.05) is 5.75 Å². The molecule has 0 amide bonds. The van der Waals surface area contributed by atoms with Crippen molar-refractivity contribution in [1.82, 2.24) is 20.2 Å². The summed E-state index contributed by atoms with van der Waals surface area (Å²) < 4.78 is 1.69. The maximum Gasteiger partial charge on any atom is 0.313 e. The second-order valence-corrected chi connectivity index (χ2v) is 4.45. The van der Waals surface area contributed by atoms with Crippen LogP contribution in [0.1, 0.15) is 26.7 Å². The molecule has 0 aliphatic heterocycles. The molecular formula is C9H16N4O2S. The molecule has 0 spiro atoms. The van der Waals surface area contributed by atoms with Gasteiger partial charge in [0.15, 0.2) is 0 Å². The van der Waals surface area contributed by atoms with Crippen molar-refractivity contribution in [2.24, 2.45) is 5.92 Å². The molecule has 0 radical (unpaired) electrons. The Morgan fingerprint density at radius 2 is 2.19 bits per heavy atom. The van der Waals surface area contributed by atoms with E-state index in [1.807, 2.05) is 0 Å². The minimum atomic E-state index is -0.859. The van der Waals surface area contributed by atoms with E-state index in [1.54, 1.807) is 4.68 Å². The molecule has 0 saturated carbocycles. The molecule has 0 atom stereocenters. The fraction of sp³-hybridized carbons (Fsp3) is 0.778. The normalized spacial score (nSPS) is 10.9. The second-order valence-electron chi connectivity index (χ2n) is 3.51. The molecule has 1 aromatic heterocycles. The van der Waals surface area contributed by atoms with Crippen LogP contribution >= 0.6 is 11.8 Å². The Morgan fingerprint density at radius 1 is 1.50 bits per heavy atom. The number of hydrogen-bond acceptors (Lipinski definition) is 5. The summed E-state index contributed by atoms with van der Waals surface area (Å²) in [4.78, 5) is 10.4. The number of carboxylic acids is 1. The quantitative estimate of drug-likeness (QED) is 0.728. The van der Waals surface area contributed by atoms with Gasteiger partial charge in [0.25, 0.3) is 0 Å². The van der Waals surface area contributed by atoms with Gasteiger partial charge in [0.05, 0.1) is 5.75 Å². The highest BCUT2D eigenvalue weighted by Crippen LogP contribution is 2.17. The molecule has 7 heteroatoms. The fourth-order valence-corrected chi connectivity index (χ4v) is 1.94. The molecule has 0 unspecified atom stereocenters. The van der Waals surface area contributed by atoms with E-state index in [0.29, 0.717) is 11.1 Å². The van der Waals surface area contributed by atoms with Crippen LogP contribution in [0.5, 0.6) is 0 Å². The van der Waals surface area contributed by atoms with Gasteiger partial charge < -0.3 is 5.11 Å². The van der Waals surface area contributed by atoms with E-state index < -0.39 is 5.97 Å². The first-order valence-electron chi connectivity index (χ1n) is 5.28. The zero-order valence-corrected chi connectivity index (χ0v) is 10.3. The summed E-state index contributed by atoms with van der Waals surface area (Å²) in [6.07, 6.45) is 2.14. The molecule has 16 heavy (non-hydrogen) atoms. The summed E-state index contributed by atoms with van der Waals surface area (Å²) in [7, 11) is 0. The zero-order valence-electron chi connectivity index (χ0n) is 9.46. The highest BCUT2D eigenvalue weighted by atomic mass is 32.2. The Bertz CT molecular complexity index is 338. The van der Waals surface area contributed by atoms with E-state index >= 15 is 0 Å². The number of rotatable bonds is 7. The molecule has 1 rings (SSSR count). The molecule has 0 aliphatic rings. The van der Waals surface area contributed by atoms with Gasteiger partial charge in [-0.25, -0.2) is 4.68 Å². The fourth-order valence-electron chi connectivity index (χ4n) is 1.33. The summed E-state index contributed by atoms with van der Waals surface area (Å²) in [5, 5.41) is 20.4. The Kier molecular flexibility index (Phi) is 5.24. The van der Waals surface area contributed by atoms with Crippen molar-refractivity contribution in [1.29, 1.82) is 0 Å². The van der Waals surface area contributed by atoms with E-state index in [0.717, 1.165) is 31.1 Å². The van der Waals surface area contributed by atoms with Gasteiger partial charge >= 0.3 is 5.97 Å². The first-order chi connectivity index (χ1) is 7.67. The predicted octanol–water partition coefficient (Wildman–Crippen LogP) is 1.29. The average molecular weight is 244 g/mol. The highest BCUT2D eigenvalue weighted by molar-refractivity contribution is 7.99. The molecular weight excluding hydrogens is 228 g/mol. The van der Waals surface area contributed by atoms with Crippen molar-refractivity contribution >= 4 is 17.7 Å². The number of aromatic nitrogens is 4. The topological polar surface area (TPSA) is 80.9 Å². The van der Waals surface area contributed by atoms with Crippen molar-refractivity contribution in [3.05, 3.63) is 0 Å². The van der Waals surface area contributed by atoms with Gasteiger partial charge in [0.2, 0.25) is 5.16 Å². The average Bonchev–Trinajstić information content (AvgIpc) is 2.70. The van der Waals surface area contributed by atoms with E-state index in [4.69, 9.17) is 5.11 Å². The Balaban J connectivity index is 2.59. The van der Waals surface area contributed by atoms with Crippen LogP contribution in [-0.4, -0.2) is 37.0 Å². The molecule has 0 bridgehead atoms. The van der Waals surface area contributed by atoms with Gasteiger partial charge in [0.1, 0.15) is 0 Å². The third-order valence-electron chi connectivity index (χ3n) is 2.41. The van der Waals surface area contributed by atoms with E-state index in [-0.39, 0.29) is 5.75 Å². The third kappa shape index (κ3) is 3.80.